The predicted molar refractivity (Wildman–Crippen MR) is 59.5 cm³/mol. The van der Waals surface area contributed by atoms with E-state index in [0.717, 1.165) is 11.3 Å². The largest absolute Gasteiger partial charge is 0.389 e. The maximum absolute atomic E-state index is 10.8. The Hall–Kier alpha value is -1.55. The number of likely N-dealkylation sites (N-methyl/N-ethyl adjacent to an activating group) is 1. The van der Waals surface area contributed by atoms with Gasteiger partial charge in [-0.3, -0.25) is 4.79 Å². The summed E-state index contributed by atoms with van der Waals surface area (Å²) in [7, 11) is 1.77. The Morgan fingerprint density at radius 1 is 1.53 bits per heavy atom. The van der Waals surface area contributed by atoms with Crippen LogP contribution in [0.2, 0.25) is 0 Å². The quantitative estimate of drug-likeness (QED) is 0.764. The number of aliphatic hydroxyl groups excluding tert-OH is 1. The Morgan fingerprint density at radius 2 is 2.13 bits per heavy atom. The summed E-state index contributed by atoms with van der Waals surface area (Å²) in [4.78, 5) is 12.5. The van der Waals surface area contributed by atoms with Crippen LogP contribution in [0.5, 0.6) is 0 Å². The molecule has 0 aliphatic carbocycles. The fourth-order valence-electron chi connectivity index (χ4n) is 1.51. The standard InChI is InChI=1S/C11H16N2O2/c1-8(14)9-5-3-4-6-10(9)13(2)7-11(12)15/h3-6,8,14H,7H2,1-2H3,(H2,12,15)/t8-/m1/s1. The van der Waals surface area contributed by atoms with Gasteiger partial charge in [-0.2, -0.15) is 0 Å². The highest BCUT2D eigenvalue weighted by molar-refractivity contribution is 5.79. The van der Waals surface area contributed by atoms with Crippen molar-refractivity contribution in [2.75, 3.05) is 18.5 Å². The van der Waals surface area contributed by atoms with Crippen LogP contribution >= 0.6 is 0 Å². The van der Waals surface area contributed by atoms with E-state index in [4.69, 9.17) is 5.73 Å². The molecule has 1 aromatic carbocycles. The van der Waals surface area contributed by atoms with Gasteiger partial charge in [0.1, 0.15) is 0 Å². The number of rotatable bonds is 4. The second-order valence-electron chi connectivity index (χ2n) is 3.56. The highest BCUT2D eigenvalue weighted by atomic mass is 16.3. The number of nitrogens with two attached hydrogens (primary N) is 1. The molecule has 4 nitrogen and oxygen atoms in total. The second-order valence-corrected chi connectivity index (χ2v) is 3.56. The van der Waals surface area contributed by atoms with Crippen molar-refractivity contribution in [3.05, 3.63) is 29.8 Å². The molecule has 0 fully saturated rings. The van der Waals surface area contributed by atoms with E-state index in [9.17, 15) is 9.90 Å². The van der Waals surface area contributed by atoms with Crippen LogP contribution in [-0.2, 0) is 4.79 Å². The molecule has 82 valence electrons. The van der Waals surface area contributed by atoms with Gasteiger partial charge in [-0.15, -0.1) is 0 Å². The zero-order valence-electron chi connectivity index (χ0n) is 8.97. The van der Waals surface area contributed by atoms with E-state index in [0.29, 0.717) is 0 Å². The lowest BCUT2D eigenvalue weighted by atomic mass is 10.1. The SMILES string of the molecule is C[C@@H](O)c1ccccc1N(C)CC(N)=O. The van der Waals surface area contributed by atoms with Gasteiger partial charge in [-0.05, 0) is 13.0 Å². The number of nitrogens with zero attached hydrogens (tertiary/aromatic N) is 1. The van der Waals surface area contributed by atoms with Crippen molar-refractivity contribution < 1.29 is 9.90 Å². The maximum atomic E-state index is 10.8. The lowest BCUT2D eigenvalue weighted by molar-refractivity contribution is -0.116. The summed E-state index contributed by atoms with van der Waals surface area (Å²) >= 11 is 0. The number of hydrogen-bond acceptors (Lipinski definition) is 3. The number of anilines is 1. The van der Waals surface area contributed by atoms with Gasteiger partial charge in [0.05, 0.1) is 12.6 Å². The fraction of sp³-hybridized carbons (Fsp3) is 0.364. The molecule has 0 aromatic heterocycles. The molecule has 0 unspecified atom stereocenters. The van der Waals surface area contributed by atoms with Crippen LogP contribution in [-0.4, -0.2) is 24.6 Å². The second kappa shape index (κ2) is 4.79. The van der Waals surface area contributed by atoms with Crippen LogP contribution in [0.15, 0.2) is 24.3 Å². The minimum Gasteiger partial charge on any atom is -0.389 e. The van der Waals surface area contributed by atoms with Crippen molar-refractivity contribution >= 4 is 11.6 Å². The number of para-hydroxylation sites is 1. The predicted octanol–water partition coefficient (Wildman–Crippen LogP) is 0.661. The molecule has 0 bridgehead atoms. The van der Waals surface area contributed by atoms with E-state index < -0.39 is 12.0 Å². The van der Waals surface area contributed by atoms with Crippen LogP contribution in [0.1, 0.15) is 18.6 Å². The molecule has 0 aliphatic heterocycles. The molecule has 0 radical (unpaired) electrons. The van der Waals surface area contributed by atoms with Gasteiger partial charge in [-0.25, -0.2) is 0 Å². The average molecular weight is 208 g/mol. The maximum Gasteiger partial charge on any atom is 0.236 e. The molecule has 4 heteroatoms. The van der Waals surface area contributed by atoms with Gasteiger partial charge < -0.3 is 15.7 Å². The van der Waals surface area contributed by atoms with Gasteiger partial charge in [0.2, 0.25) is 5.91 Å². The third-order valence-corrected chi connectivity index (χ3v) is 2.19. The zero-order chi connectivity index (χ0) is 11.4. The molecule has 0 saturated carbocycles. The van der Waals surface area contributed by atoms with Crippen LogP contribution < -0.4 is 10.6 Å². The monoisotopic (exact) mass is 208 g/mol. The Balaban J connectivity index is 2.97. The third kappa shape index (κ3) is 2.95. The van der Waals surface area contributed by atoms with Crippen molar-refractivity contribution in [2.45, 2.75) is 13.0 Å². The molecule has 15 heavy (non-hydrogen) atoms. The number of aliphatic hydroxyl groups is 1. The molecular formula is C11H16N2O2. The van der Waals surface area contributed by atoms with E-state index >= 15 is 0 Å². The summed E-state index contributed by atoms with van der Waals surface area (Å²) in [6, 6.07) is 7.39. The van der Waals surface area contributed by atoms with E-state index in [-0.39, 0.29) is 6.54 Å². The summed E-state index contributed by atoms with van der Waals surface area (Å²) in [6.45, 7) is 1.83. The Kier molecular flexibility index (Phi) is 3.68. The molecule has 0 heterocycles. The highest BCUT2D eigenvalue weighted by Gasteiger charge is 2.11. The first kappa shape index (κ1) is 11.5. The Morgan fingerprint density at radius 3 is 2.67 bits per heavy atom. The molecular weight excluding hydrogens is 192 g/mol. The van der Waals surface area contributed by atoms with Crippen LogP contribution in [0.3, 0.4) is 0 Å². The number of carbonyl (C=O) groups is 1. The average Bonchev–Trinajstić information content (AvgIpc) is 2.16. The number of benzene rings is 1. The minimum absolute atomic E-state index is 0.143. The molecule has 1 rings (SSSR count). The molecule has 1 amide bonds. The van der Waals surface area contributed by atoms with E-state index in [2.05, 4.69) is 0 Å². The first-order valence-corrected chi connectivity index (χ1v) is 4.78. The van der Waals surface area contributed by atoms with Gasteiger partial charge in [0.15, 0.2) is 0 Å². The molecule has 0 aliphatic rings. The minimum atomic E-state index is -0.559. The molecule has 0 saturated heterocycles. The molecule has 0 spiro atoms. The number of hydrogen-bond donors (Lipinski definition) is 2. The van der Waals surface area contributed by atoms with E-state index in [1.54, 1.807) is 18.9 Å². The summed E-state index contributed by atoms with van der Waals surface area (Å²) in [5, 5.41) is 9.54. The summed E-state index contributed by atoms with van der Waals surface area (Å²) < 4.78 is 0. The highest BCUT2D eigenvalue weighted by Crippen LogP contribution is 2.24. The molecule has 1 atom stereocenters. The Labute approximate surface area is 89.3 Å². The summed E-state index contributed by atoms with van der Waals surface area (Å²) in [6.07, 6.45) is -0.559. The van der Waals surface area contributed by atoms with Crippen LogP contribution in [0, 0.1) is 0 Å². The summed E-state index contributed by atoms with van der Waals surface area (Å²) in [5.74, 6) is -0.391. The molecule has 3 N–H and O–H groups in total. The fourth-order valence-corrected chi connectivity index (χ4v) is 1.51. The summed E-state index contributed by atoms with van der Waals surface area (Å²) in [5.41, 5.74) is 6.73. The lowest BCUT2D eigenvalue weighted by Gasteiger charge is -2.22. The number of primary amides is 1. The van der Waals surface area contributed by atoms with Gasteiger partial charge in [0, 0.05) is 18.3 Å². The normalized spacial score (nSPS) is 12.2. The van der Waals surface area contributed by atoms with Gasteiger partial charge >= 0.3 is 0 Å². The van der Waals surface area contributed by atoms with Crippen molar-refractivity contribution in [1.29, 1.82) is 0 Å². The van der Waals surface area contributed by atoms with Crippen molar-refractivity contribution in [3.63, 3.8) is 0 Å². The number of amides is 1. The topological polar surface area (TPSA) is 66.6 Å². The first-order valence-electron chi connectivity index (χ1n) is 4.78. The van der Waals surface area contributed by atoms with E-state index in [1.807, 2.05) is 24.3 Å². The van der Waals surface area contributed by atoms with E-state index in [1.165, 1.54) is 0 Å². The lowest BCUT2D eigenvalue weighted by Crippen LogP contribution is -2.31. The third-order valence-electron chi connectivity index (χ3n) is 2.19. The van der Waals surface area contributed by atoms with Gasteiger partial charge in [0.25, 0.3) is 0 Å². The van der Waals surface area contributed by atoms with Gasteiger partial charge in [-0.1, -0.05) is 18.2 Å². The smallest absolute Gasteiger partial charge is 0.236 e. The van der Waals surface area contributed by atoms with Crippen molar-refractivity contribution in [1.82, 2.24) is 0 Å². The zero-order valence-corrected chi connectivity index (χ0v) is 8.97. The number of carbonyl (C=O) groups excluding carboxylic acids is 1. The molecule has 1 aromatic rings. The Bertz CT molecular complexity index is 350. The first-order chi connectivity index (χ1) is 7.02. The van der Waals surface area contributed by atoms with Crippen LogP contribution in [0.25, 0.3) is 0 Å². The van der Waals surface area contributed by atoms with Crippen molar-refractivity contribution in [3.8, 4) is 0 Å². The van der Waals surface area contributed by atoms with Crippen molar-refractivity contribution in [2.24, 2.45) is 5.73 Å². The van der Waals surface area contributed by atoms with Crippen LogP contribution in [0.4, 0.5) is 5.69 Å².